The first kappa shape index (κ1) is 23.8. The number of thioether (sulfide) groups is 1. The Labute approximate surface area is 213 Å². The number of rotatable bonds is 5. The van der Waals surface area contributed by atoms with Crippen LogP contribution in [0.3, 0.4) is 0 Å². The van der Waals surface area contributed by atoms with Gasteiger partial charge in [0.1, 0.15) is 0 Å². The van der Waals surface area contributed by atoms with E-state index >= 15 is 0 Å². The number of nitrogens with one attached hydrogen (secondary N) is 1. The second-order valence-corrected chi connectivity index (χ2v) is 10.2. The van der Waals surface area contributed by atoms with Gasteiger partial charge in [-0.25, -0.2) is 0 Å². The fraction of sp³-hybridized carbons (Fsp3) is 0.269. The van der Waals surface area contributed by atoms with Crippen LogP contribution >= 0.6 is 23.4 Å². The van der Waals surface area contributed by atoms with Crippen molar-refractivity contribution in [3.63, 3.8) is 0 Å². The fourth-order valence-electron chi connectivity index (χ4n) is 4.23. The molecule has 1 unspecified atom stereocenters. The topological polar surface area (TPSA) is 82.8 Å². The number of amides is 1. The maximum absolute atomic E-state index is 12.5. The number of hydrogen-bond acceptors (Lipinski definition) is 6. The normalized spacial score (nSPS) is 19.6. The predicted molar refractivity (Wildman–Crippen MR) is 143 cm³/mol. The minimum atomic E-state index is -0.229. The smallest absolute Gasteiger partial charge is 0.286 e. The zero-order chi connectivity index (χ0) is 24.5. The minimum Gasteiger partial charge on any atom is -0.395 e. The number of aliphatic hydroxyl groups excluding tert-OH is 1. The molecule has 0 spiro atoms. The first-order chi connectivity index (χ1) is 16.9. The van der Waals surface area contributed by atoms with E-state index in [1.165, 1.54) is 11.8 Å². The van der Waals surface area contributed by atoms with Gasteiger partial charge in [-0.05, 0) is 59.7 Å². The molecule has 0 radical (unpaired) electrons. The Morgan fingerprint density at radius 2 is 2.20 bits per heavy atom. The second-order valence-electron chi connectivity index (χ2n) is 8.80. The molecule has 0 aliphatic carbocycles. The summed E-state index contributed by atoms with van der Waals surface area (Å²) in [5.41, 5.74) is 4.90. The molecule has 7 nitrogen and oxygen atoms in total. The molecule has 1 fully saturated rings. The number of allylic oxidation sites excluding steroid dienone is 1. The predicted octanol–water partition coefficient (Wildman–Crippen LogP) is 4.01. The number of carbonyl (C=O) groups excluding carboxylic acids is 1. The highest BCUT2D eigenvalue weighted by molar-refractivity contribution is 8.18. The van der Waals surface area contributed by atoms with Crippen LogP contribution in [0.1, 0.15) is 23.6 Å². The van der Waals surface area contributed by atoms with E-state index in [0.29, 0.717) is 28.2 Å². The van der Waals surface area contributed by atoms with E-state index in [9.17, 15) is 9.90 Å². The number of piperazine rings is 1. The van der Waals surface area contributed by atoms with Crippen LogP contribution in [0.15, 0.2) is 59.1 Å². The van der Waals surface area contributed by atoms with Crippen LogP contribution in [0.2, 0.25) is 5.02 Å². The summed E-state index contributed by atoms with van der Waals surface area (Å²) >= 11 is 7.89. The zero-order valence-electron chi connectivity index (χ0n) is 19.4. The summed E-state index contributed by atoms with van der Waals surface area (Å²) in [5.74, 6) is -0.229. The van der Waals surface area contributed by atoms with Crippen LogP contribution in [0.4, 0.5) is 0 Å². The highest BCUT2D eigenvalue weighted by Gasteiger charge is 2.29. The minimum absolute atomic E-state index is 0.00644. The van der Waals surface area contributed by atoms with Gasteiger partial charge in [0, 0.05) is 36.1 Å². The van der Waals surface area contributed by atoms with Crippen molar-refractivity contribution in [3.05, 3.63) is 75.8 Å². The Hall–Kier alpha value is -2.91. The summed E-state index contributed by atoms with van der Waals surface area (Å²) in [5, 5.41) is 19.6. The van der Waals surface area contributed by atoms with Crippen molar-refractivity contribution in [1.29, 1.82) is 0 Å². The number of aliphatic imine (C=N–C) groups is 1. The van der Waals surface area contributed by atoms with Crippen LogP contribution < -0.4 is 5.32 Å². The highest BCUT2D eigenvalue weighted by Crippen LogP contribution is 2.31. The average Bonchev–Trinajstić information content (AvgIpc) is 3.43. The number of nitrogens with zero attached hydrogens (tertiary/aromatic N) is 4. The zero-order valence-corrected chi connectivity index (χ0v) is 20.9. The number of aromatic nitrogens is 2. The van der Waals surface area contributed by atoms with Crippen LogP contribution in [0.25, 0.3) is 22.6 Å². The van der Waals surface area contributed by atoms with Gasteiger partial charge >= 0.3 is 0 Å². The fourth-order valence-corrected chi connectivity index (χ4v) is 5.42. The molecule has 9 heteroatoms. The quantitative estimate of drug-likeness (QED) is 0.508. The lowest BCUT2D eigenvalue weighted by atomic mass is 10.1. The van der Waals surface area contributed by atoms with Crippen LogP contribution in [0, 0.1) is 0 Å². The van der Waals surface area contributed by atoms with Crippen molar-refractivity contribution in [2.45, 2.75) is 19.5 Å². The van der Waals surface area contributed by atoms with E-state index < -0.39 is 0 Å². The van der Waals surface area contributed by atoms with Gasteiger partial charge in [0.05, 0.1) is 29.8 Å². The van der Waals surface area contributed by atoms with Crippen molar-refractivity contribution < 1.29 is 9.90 Å². The molecule has 1 saturated heterocycles. The number of fused-ring (bicyclic) bond motifs is 1. The maximum Gasteiger partial charge on any atom is 0.286 e. The molecule has 1 amide bonds. The van der Waals surface area contributed by atoms with Crippen LogP contribution in [-0.2, 0) is 11.3 Å². The van der Waals surface area contributed by atoms with Gasteiger partial charge in [0.2, 0.25) is 0 Å². The van der Waals surface area contributed by atoms with Gasteiger partial charge < -0.3 is 15.3 Å². The largest absolute Gasteiger partial charge is 0.395 e. The highest BCUT2D eigenvalue weighted by atomic mass is 35.5. The third-order valence-corrected chi connectivity index (χ3v) is 7.58. The summed E-state index contributed by atoms with van der Waals surface area (Å²) in [6, 6.07) is 12.0. The molecule has 1 aromatic heterocycles. The van der Waals surface area contributed by atoms with Gasteiger partial charge in [0.15, 0.2) is 5.17 Å². The van der Waals surface area contributed by atoms with Gasteiger partial charge in [-0.3, -0.25) is 9.48 Å². The molecule has 0 saturated carbocycles. The Kier molecular flexibility index (Phi) is 6.80. The Morgan fingerprint density at radius 1 is 1.34 bits per heavy atom. The summed E-state index contributed by atoms with van der Waals surface area (Å²) in [7, 11) is 0. The Morgan fingerprint density at radius 3 is 2.97 bits per heavy atom. The van der Waals surface area contributed by atoms with Gasteiger partial charge in [-0.1, -0.05) is 42.0 Å². The Balaban J connectivity index is 1.32. The lowest BCUT2D eigenvalue weighted by Gasteiger charge is -2.33. The van der Waals surface area contributed by atoms with E-state index in [2.05, 4.69) is 26.9 Å². The third kappa shape index (κ3) is 5.06. The molecule has 2 aromatic carbocycles. The van der Waals surface area contributed by atoms with E-state index in [4.69, 9.17) is 11.6 Å². The number of hydrogen-bond donors (Lipinski definition) is 2. The van der Waals surface area contributed by atoms with E-state index in [1.54, 1.807) is 0 Å². The SMILES string of the molecule is C=C(C)c1ccc(Cn2ncc3cc(/C=C4\SC(N5CCNC(CO)C5)=NC4=O)ccc32)c(Cl)c1. The number of carbonyl (C=O) groups is 1. The second kappa shape index (κ2) is 9.99. The first-order valence-electron chi connectivity index (χ1n) is 11.4. The van der Waals surface area contributed by atoms with Crippen LogP contribution in [-0.4, -0.2) is 63.1 Å². The van der Waals surface area contributed by atoms with Crippen molar-refractivity contribution in [3.8, 4) is 0 Å². The summed E-state index contributed by atoms with van der Waals surface area (Å²) in [4.78, 5) is 19.5. The molecule has 3 aromatic rings. The first-order valence-corrected chi connectivity index (χ1v) is 12.6. The number of halogens is 1. The van der Waals surface area contributed by atoms with E-state index in [-0.39, 0.29) is 18.6 Å². The summed E-state index contributed by atoms with van der Waals surface area (Å²) < 4.78 is 1.92. The van der Waals surface area contributed by atoms with E-state index in [1.807, 2.05) is 60.3 Å². The molecule has 35 heavy (non-hydrogen) atoms. The number of benzene rings is 2. The van der Waals surface area contributed by atoms with Gasteiger partial charge in [0.25, 0.3) is 5.91 Å². The lowest BCUT2D eigenvalue weighted by Crippen LogP contribution is -2.53. The summed E-state index contributed by atoms with van der Waals surface area (Å²) in [6.45, 7) is 8.69. The molecule has 2 aliphatic heterocycles. The lowest BCUT2D eigenvalue weighted by molar-refractivity contribution is -0.113. The average molecular weight is 508 g/mol. The molecular formula is C26H26ClN5O2S. The molecule has 0 bridgehead atoms. The molecule has 2 N–H and O–H groups in total. The number of amidine groups is 1. The molecular weight excluding hydrogens is 482 g/mol. The monoisotopic (exact) mass is 507 g/mol. The number of aliphatic hydroxyl groups is 1. The molecule has 2 aliphatic rings. The maximum atomic E-state index is 12.5. The molecule has 1 atom stereocenters. The standard InChI is InChI=1S/C26H26ClN5O2S/c1-16(2)18-4-5-19(22(27)11-18)13-32-23-6-3-17(9-20(23)12-29-32)10-24-25(34)30-26(35-24)31-8-7-28-21(14-31)15-33/h3-6,9-12,21,28,33H,1,7-8,13-15H2,2H3/b24-10-. The van der Waals surface area contributed by atoms with Crippen molar-refractivity contribution >= 4 is 57.0 Å². The van der Waals surface area contributed by atoms with Crippen molar-refractivity contribution in [2.24, 2.45) is 4.99 Å². The van der Waals surface area contributed by atoms with E-state index in [0.717, 1.165) is 46.3 Å². The third-order valence-electron chi connectivity index (χ3n) is 6.19. The molecule has 180 valence electrons. The van der Waals surface area contributed by atoms with Crippen molar-refractivity contribution in [1.82, 2.24) is 20.0 Å². The van der Waals surface area contributed by atoms with Crippen LogP contribution in [0.5, 0.6) is 0 Å². The van der Waals surface area contributed by atoms with Crippen molar-refractivity contribution in [2.75, 3.05) is 26.2 Å². The van der Waals surface area contributed by atoms with Gasteiger partial charge in [-0.2, -0.15) is 10.1 Å². The summed E-state index contributed by atoms with van der Waals surface area (Å²) in [6.07, 6.45) is 3.70. The molecule has 5 rings (SSSR count). The molecule has 3 heterocycles. The Bertz CT molecular complexity index is 1380. The van der Waals surface area contributed by atoms with Gasteiger partial charge in [-0.15, -0.1) is 0 Å².